The number of hydrogen-bond donors (Lipinski definition) is 0. The quantitative estimate of drug-likeness (QED) is 0.762. The van der Waals surface area contributed by atoms with Crippen LogP contribution in [0.25, 0.3) is 0 Å². The molecular weight excluding hydrogens is 240 g/mol. The van der Waals surface area contributed by atoms with E-state index in [9.17, 15) is 9.59 Å². The van der Waals surface area contributed by atoms with Gasteiger partial charge in [-0.15, -0.1) is 0 Å². The molecule has 0 saturated carbocycles. The summed E-state index contributed by atoms with van der Waals surface area (Å²) >= 11 is 0. The van der Waals surface area contributed by atoms with Gasteiger partial charge in [0.15, 0.2) is 0 Å². The Morgan fingerprint density at radius 3 is 2.32 bits per heavy atom. The summed E-state index contributed by atoms with van der Waals surface area (Å²) in [5.41, 5.74) is 0. The molecule has 19 heavy (non-hydrogen) atoms. The minimum atomic E-state index is 0.250. The van der Waals surface area contributed by atoms with Gasteiger partial charge in [0.05, 0.1) is 0 Å². The number of amides is 1. The third kappa shape index (κ3) is 3.35. The fourth-order valence-corrected chi connectivity index (χ4v) is 3.59. The maximum Gasteiger partial charge on any atom is 0.223 e. The minimum absolute atomic E-state index is 0.250. The summed E-state index contributed by atoms with van der Waals surface area (Å²) in [5.74, 6) is 0.668. The van der Waals surface area contributed by atoms with Crippen molar-refractivity contribution in [1.29, 1.82) is 0 Å². The Morgan fingerprint density at radius 1 is 1.21 bits per heavy atom. The van der Waals surface area contributed by atoms with E-state index < -0.39 is 0 Å². The summed E-state index contributed by atoms with van der Waals surface area (Å²) in [6, 6.07) is 0.814. The first-order valence-electron chi connectivity index (χ1n) is 7.70. The fourth-order valence-electron chi connectivity index (χ4n) is 3.59. The van der Waals surface area contributed by atoms with Crippen LogP contribution in [0.1, 0.15) is 52.4 Å². The number of nitrogens with zero attached hydrogens (tertiary/aromatic N) is 2. The van der Waals surface area contributed by atoms with E-state index >= 15 is 0 Å². The van der Waals surface area contributed by atoms with E-state index in [2.05, 4.69) is 4.90 Å². The lowest BCUT2D eigenvalue weighted by molar-refractivity contribution is -0.132. The van der Waals surface area contributed by atoms with Gasteiger partial charge < -0.3 is 4.90 Å². The SMILES string of the molecule is CCN(CC)C(=O)CCN1C2CCCC1CC(=O)C2. The molecule has 0 aromatic heterocycles. The first-order valence-corrected chi connectivity index (χ1v) is 7.70. The maximum atomic E-state index is 12.1. The van der Waals surface area contributed by atoms with Crippen molar-refractivity contribution in [2.45, 2.75) is 64.5 Å². The molecule has 2 heterocycles. The van der Waals surface area contributed by atoms with Gasteiger partial charge in [-0.25, -0.2) is 0 Å². The summed E-state index contributed by atoms with van der Waals surface area (Å²) in [6.07, 6.45) is 5.50. The highest BCUT2D eigenvalue weighted by atomic mass is 16.2. The third-order valence-corrected chi connectivity index (χ3v) is 4.64. The number of ketones is 1. The van der Waals surface area contributed by atoms with E-state index in [0.29, 0.717) is 37.1 Å². The molecule has 4 heteroatoms. The number of Topliss-reactive ketones (excluding diaryl/α,β-unsaturated/α-hetero) is 1. The van der Waals surface area contributed by atoms with Crippen LogP contribution in [0.3, 0.4) is 0 Å². The second kappa shape index (κ2) is 6.51. The van der Waals surface area contributed by atoms with Crippen molar-refractivity contribution in [3.05, 3.63) is 0 Å². The van der Waals surface area contributed by atoms with Crippen LogP contribution in [0.4, 0.5) is 0 Å². The Labute approximate surface area is 116 Å². The monoisotopic (exact) mass is 266 g/mol. The van der Waals surface area contributed by atoms with Crippen molar-refractivity contribution in [3.8, 4) is 0 Å². The van der Waals surface area contributed by atoms with Crippen LogP contribution < -0.4 is 0 Å². The molecule has 2 rings (SSSR count). The van der Waals surface area contributed by atoms with Crippen molar-refractivity contribution in [2.24, 2.45) is 0 Å². The molecule has 108 valence electrons. The lowest BCUT2D eigenvalue weighted by Gasteiger charge is -2.45. The molecule has 0 aliphatic carbocycles. The highest BCUT2D eigenvalue weighted by Crippen LogP contribution is 2.32. The Balaban J connectivity index is 1.88. The molecule has 0 N–H and O–H groups in total. The number of carbonyl (C=O) groups is 2. The molecule has 2 aliphatic heterocycles. The molecule has 2 atom stereocenters. The average Bonchev–Trinajstić information content (AvgIpc) is 2.37. The number of hydrogen-bond acceptors (Lipinski definition) is 3. The average molecular weight is 266 g/mol. The van der Waals surface area contributed by atoms with Crippen molar-refractivity contribution >= 4 is 11.7 Å². The van der Waals surface area contributed by atoms with Gasteiger partial charge in [-0.3, -0.25) is 14.5 Å². The van der Waals surface area contributed by atoms with Crippen LogP contribution in [0.2, 0.25) is 0 Å². The van der Waals surface area contributed by atoms with E-state index in [-0.39, 0.29) is 5.91 Å². The molecule has 0 spiro atoms. The van der Waals surface area contributed by atoms with E-state index in [1.807, 2.05) is 18.7 Å². The molecule has 2 saturated heterocycles. The molecule has 2 bridgehead atoms. The molecular formula is C15H26N2O2. The largest absolute Gasteiger partial charge is 0.343 e. The predicted molar refractivity (Wildman–Crippen MR) is 74.9 cm³/mol. The summed E-state index contributed by atoms with van der Waals surface area (Å²) in [4.78, 5) is 28.1. The first-order chi connectivity index (χ1) is 9.15. The van der Waals surface area contributed by atoms with Crippen LogP contribution in [0.5, 0.6) is 0 Å². The molecule has 2 unspecified atom stereocenters. The highest BCUT2D eigenvalue weighted by molar-refractivity contribution is 5.80. The Morgan fingerprint density at radius 2 is 1.79 bits per heavy atom. The summed E-state index contributed by atoms with van der Waals surface area (Å²) in [6.45, 7) is 6.46. The van der Waals surface area contributed by atoms with Gasteiger partial charge in [0.25, 0.3) is 0 Å². The van der Waals surface area contributed by atoms with Gasteiger partial charge >= 0.3 is 0 Å². The molecule has 0 radical (unpaired) electrons. The van der Waals surface area contributed by atoms with Crippen LogP contribution in [-0.2, 0) is 9.59 Å². The smallest absolute Gasteiger partial charge is 0.223 e. The Hall–Kier alpha value is -0.900. The summed E-state index contributed by atoms with van der Waals surface area (Å²) < 4.78 is 0. The zero-order valence-corrected chi connectivity index (χ0v) is 12.2. The van der Waals surface area contributed by atoms with Crippen molar-refractivity contribution < 1.29 is 9.59 Å². The standard InChI is InChI=1S/C15H26N2O2/c1-3-16(4-2)15(19)8-9-17-12-6-5-7-13(17)11-14(18)10-12/h12-13H,3-11H2,1-2H3. The normalized spacial score (nSPS) is 27.4. The van der Waals surface area contributed by atoms with E-state index in [1.54, 1.807) is 0 Å². The van der Waals surface area contributed by atoms with Gasteiger partial charge in [0, 0.05) is 51.0 Å². The number of piperidine rings is 2. The highest BCUT2D eigenvalue weighted by Gasteiger charge is 2.37. The van der Waals surface area contributed by atoms with E-state index in [1.165, 1.54) is 6.42 Å². The molecule has 0 aromatic carbocycles. The molecule has 2 fully saturated rings. The third-order valence-electron chi connectivity index (χ3n) is 4.64. The lowest BCUT2D eigenvalue weighted by atomic mass is 9.83. The van der Waals surface area contributed by atoms with Crippen molar-refractivity contribution in [1.82, 2.24) is 9.80 Å². The van der Waals surface area contributed by atoms with Gasteiger partial charge in [0.2, 0.25) is 5.91 Å². The van der Waals surface area contributed by atoms with Gasteiger partial charge in [-0.2, -0.15) is 0 Å². The Bertz CT molecular complexity index is 323. The number of fused-ring (bicyclic) bond motifs is 2. The van der Waals surface area contributed by atoms with Crippen LogP contribution in [0, 0.1) is 0 Å². The minimum Gasteiger partial charge on any atom is -0.343 e. The molecule has 2 aliphatic rings. The number of carbonyl (C=O) groups excluding carboxylic acids is 2. The van der Waals surface area contributed by atoms with Gasteiger partial charge in [-0.05, 0) is 26.7 Å². The lowest BCUT2D eigenvalue weighted by Crippen LogP contribution is -2.53. The number of rotatable bonds is 5. The molecule has 1 amide bonds. The Kier molecular flexibility index (Phi) is 4.97. The van der Waals surface area contributed by atoms with E-state index in [4.69, 9.17) is 0 Å². The molecule has 0 aromatic rings. The van der Waals surface area contributed by atoms with E-state index in [0.717, 1.165) is 32.5 Å². The maximum absolute atomic E-state index is 12.1. The second-order valence-electron chi connectivity index (χ2n) is 5.74. The van der Waals surface area contributed by atoms with Gasteiger partial charge in [-0.1, -0.05) is 6.42 Å². The van der Waals surface area contributed by atoms with Crippen LogP contribution in [0.15, 0.2) is 0 Å². The zero-order chi connectivity index (χ0) is 13.8. The fraction of sp³-hybridized carbons (Fsp3) is 0.867. The summed E-state index contributed by atoms with van der Waals surface area (Å²) in [5, 5.41) is 0. The van der Waals surface area contributed by atoms with Crippen LogP contribution >= 0.6 is 0 Å². The topological polar surface area (TPSA) is 40.6 Å². The van der Waals surface area contributed by atoms with Crippen molar-refractivity contribution in [3.63, 3.8) is 0 Å². The van der Waals surface area contributed by atoms with Crippen molar-refractivity contribution in [2.75, 3.05) is 19.6 Å². The predicted octanol–water partition coefficient (Wildman–Crippen LogP) is 1.83. The second-order valence-corrected chi connectivity index (χ2v) is 5.74. The molecule has 4 nitrogen and oxygen atoms in total. The first kappa shape index (κ1) is 14.5. The zero-order valence-electron chi connectivity index (χ0n) is 12.2. The van der Waals surface area contributed by atoms with Crippen LogP contribution in [-0.4, -0.2) is 53.2 Å². The van der Waals surface area contributed by atoms with Gasteiger partial charge in [0.1, 0.15) is 5.78 Å². The summed E-state index contributed by atoms with van der Waals surface area (Å²) in [7, 11) is 0.